The van der Waals surface area contributed by atoms with Crippen molar-refractivity contribution in [1.29, 1.82) is 0 Å². The molecule has 0 bridgehead atoms. The van der Waals surface area contributed by atoms with Crippen molar-refractivity contribution in [3.63, 3.8) is 0 Å². The Balaban J connectivity index is 1.39. The van der Waals surface area contributed by atoms with E-state index < -0.39 is 0 Å². The van der Waals surface area contributed by atoms with Gasteiger partial charge in [0.1, 0.15) is 0 Å². The number of benzene rings is 3. The van der Waals surface area contributed by atoms with Crippen molar-refractivity contribution < 1.29 is 0 Å². The molecule has 4 aromatic rings. The molecule has 3 aromatic carbocycles. The standard InChI is InChI=1S/C42H42N2/c1-7-14-37(43-9-3)29-20-23-31(28(8-2)25-29)40-27(4)19-22-34-35-26-30(21-24-36(35)42(5,6)41(34)40)44-38-17-12-10-15-32(38)33-16-11-13-18-39(33)44/h7,9-10,12-15,17-27,40H,1,8,11,16H2,2-6H3/b37-14-,43-9-. The van der Waals surface area contributed by atoms with Gasteiger partial charge in [-0.25, -0.2) is 0 Å². The summed E-state index contributed by atoms with van der Waals surface area (Å²) in [5.41, 5.74) is 16.0. The second-order valence-corrected chi connectivity index (χ2v) is 13.0. The first-order chi connectivity index (χ1) is 21.4. The van der Waals surface area contributed by atoms with Gasteiger partial charge in [-0.05, 0) is 107 Å². The van der Waals surface area contributed by atoms with Crippen molar-refractivity contribution >= 4 is 34.5 Å². The van der Waals surface area contributed by atoms with Gasteiger partial charge in [0.05, 0.1) is 11.2 Å². The van der Waals surface area contributed by atoms with E-state index in [1.807, 2.05) is 25.3 Å². The van der Waals surface area contributed by atoms with Crippen LogP contribution in [0.4, 0.5) is 0 Å². The third-order valence-corrected chi connectivity index (χ3v) is 10.1. The molecule has 7 rings (SSSR count). The van der Waals surface area contributed by atoms with Crippen LogP contribution < -0.4 is 0 Å². The molecule has 0 radical (unpaired) electrons. The first kappa shape index (κ1) is 28.3. The van der Waals surface area contributed by atoms with E-state index in [4.69, 9.17) is 0 Å². The lowest BCUT2D eigenvalue weighted by Crippen LogP contribution is -2.27. The lowest BCUT2D eigenvalue weighted by atomic mass is 9.67. The van der Waals surface area contributed by atoms with Crippen LogP contribution in [-0.2, 0) is 18.3 Å². The third kappa shape index (κ3) is 4.26. The maximum Gasteiger partial charge on any atom is 0.0697 e. The van der Waals surface area contributed by atoms with E-state index in [0.717, 1.165) is 30.5 Å². The zero-order valence-electron chi connectivity index (χ0n) is 26.7. The molecule has 3 aliphatic carbocycles. The molecular formula is C42H42N2. The van der Waals surface area contributed by atoms with E-state index in [-0.39, 0.29) is 5.41 Å². The van der Waals surface area contributed by atoms with Crippen molar-refractivity contribution in [2.45, 2.75) is 65.2 Å². The Morgan fingerprint density at radius 3 is 2.70 bits per heavy atom. The van der Waals surface area contributed by atoms with Crippen LogP contribution >= 0.6 is 0 Å². The zero-order valence-corrected chi connectivity index (χ0v) is 26.7. The number of rotatable bonds is 6. The van der Waals surface area contributed by atoms with Gasteiger partial charge in [-0.2, -0.15) is 0 Å². The Labute approximate surface area is 262 Å². The Morgan fingerprint density at radius 2 is 1.91 bits per heavy atom. The number of hydrogen-bond donors (Lipinski definition) is 0. The molecule has 2 nitrogen and oxygen atoms in total. The second kappa shape index (κ2) is 10.9. The van der Waals surface area contributed by atoms with Crippen LogP contribution in [0.25, 0.3) is 33.9 Å². The molecule has 0 fully saturated rings. The van der Waals surface area contributed by atoms with Crippen molar-refractivity contribution in [1.82, 2.24) is 4.57 Å². The average Bonchev–Trinajstić information content (AvgIpc) is 3.49. The molecule has 0 spiro atoms. The quantitative estimate of drug-likeness (QED) is 0.161. The highest BCUT2D eigenvalue weighted by atomic mass is 15.0. The topological polar surface area (TPSA) is 17.3 Å². The summed E-state index contributed by atoms with van der Waals surface area (Å²) in [4.78, 5) is 4.63. The molecule has 0 amide bonds. The van der Waals surface area contributed by atoms with Gasteiger partial charge in [-0.3, -0.25) is 4.99 Å². The highest BCUT2D eigenvalue weighted by Crippen LogP contribution is 2.57. The van der Waals surface area contributed by atoms with Gasteiger partial charge in [0.2, 0.25) is 0 Å². The Kier molecular flexibility index (Phi) is 7.04. The average molecular weight is 575 g/mol. The number of nitrogens with zero attached hydrogens (tertiary/aromatic N) is 2. The van der Waals surface area contributed by atoms with Gasteiger partial charge >= 0.3 is 0 Å². The number of allylic oxidation sites excluding steroid dienone is 7. The summed E-state index contributed by atoms with van der Waals surface area (Å²) in [5, 5.41) is 1.38. The number of para-hydroxylation sites is 1. The van der Waals surface area contributed by atoms with Crippen LogP contribution in [0.2, 0.25) is 0 Å². The molecule has 0 saturated carbocycles. The fourth-order valence-corrected chi connectivity index (χ4v) is 8.17. The van der Waals surface area contributed by atoms with Crippen LogP contribution in [0.15, 0.2) is 108 Å². The molecule has 1 aromatic heterocycles. The van der Waals surface area contributed by atoms with Gasteiger partial charge in [0.15, 0.2) is 0 Å². The molecule has 0 N–H and O–H groups in total. The van der Waals surface area contributed by atoms with E-state index in [1.165, 1.54) is 55.7 Å². The fraction of sp³-hybridized carbons (Fsp3) is 0.262. The fourth-order valence-electron chi connectivity index (χ4n) is 8.17. The largest absolute Gasteiger partial charge is 0.310 e. The first-order valence-corrected chi connectivity index (χ1v) is 16.2. The predicted octanol–water partition coefficient (Wildman–Crippen LogP) is 10.8. The van der Waals surface area contributed by atoms with Gasteiger partial charge in [0.25, 0.3) is 0 Å². The van der Waals surface area contributed by atoms with E-state index in [2.05, 4.69) is 129 Å². The minimum absolute atomic E-state index is 0.0743. The predicted molar refractivity (Wildman–Crippen MR) is 190 cm³/mol. The summed E-state index contributed by atoms with van der Waals surface area (Å²) in [5.74, 6) is 0.717. The molecule has 1 heterocycles. The summed E-state index contributed by atoms with van der Waals surface area (Å²) in [6.07, 6.45) is 18.4. The Hall–Kier alpha value is -4.43. The van der Waals surface area contributed by atoms with E-state index in [0.29, 0.717) is 11.8 Å². The van der Waals surface area contributed by atoms with Crippen molar-refractivity contribution in [2.75, 3.05) is 0 Å². The minimum atomic E-state index is -0.0743. The summed E-state index contributed by atoms with van der Waals surface area (Å²) in [7, 11) is 0. The number of aliphatic imine (C=N–C) groups is 1. The zero-order chi connectivity index (χ0) is 30.6. The van der Waals surface area contributed by atoms with E-state index >= 15 is 0 Å². The number of hydrogen-bond acceptors (Lipinski definition) is 1. The van der Waals surface area contributed by atoms with Crippen LogP contribution in [0.3, 0.4) is 0 Å². The molecule has 3 aliphatic rings. The summed E-state index contributed by atoms with van der Waals surface area (Å²) < 4.78 is 2.49. The Bertz CT molecular complexity index is 1970. The molecular weight excluding hydrogens is 532 g/mol. The number of aryl methyl sites for hydroxylation is 2. The maximum atomic E-state index is 4.63. The molecule has 0 saturated heterocycles. The van der Waals surface area contributed by atoms with E-state index in [9.17, 15) is 0 Å². The maximum absolute atomic E-state index is 4.63. The van der Waals surface area contributed by atoms with Crippen LogP contribution in [0.5, 0.6) is 0 Å². The summed E-state index contributed by atoms with van der Waals surface area (Å²) in [6.45, 7) is 15.4. The van der Waals surface area contributed by atoms with E-state index in [1.54, 1.807) is 5.57 Å². The Morgan fingerprint density at radius 1 is 1.07 bits per heavy atom. The minimum Gasteiger partial charge on any atom is -0.310 e. The van der Waals surface area contributed by atoms with Crippen LogP contribution in [0, 0.1) is 5.92 Å². The molecule has 2 heteroatoms. The highest BCUT2D eigenvalue weighted by molar-refractivity contribution is 5.93. The van der Waals surface area contributed by atoms with Gasteiger partial charge < -0.3 is 4.57 Å². The molecule has 220 valence electrons. The third-order valence-electron chi connectivity index (χ3n) is 10.1. The SMILES string of the molecule is C=C/C=C(\N=C/C)c1ccc(C2C3=C(C=CC2C)c2cc(-n4c5c(c6ccccc64)CCC=C5)ccc2C3(C)C)c(CC)c1. The summed E-state index contributed by atoms with van der Waals surface area (Å²) >= 11 is 0. The first-order valence-electron chi connectivity index (χ1n) is 16.2. The molecule has 44 heavy (non-hydrogen) atoms. The molecule has 2 unspecified atom stereocenters. The van der Waals surface area contributed by atoms with Crippen LogP contribution in [0.1, 0.15) is 86.0 Å². The number of aromatic nitrogens is 1. The van der Waals surface area contributed by atoms with Gasteiger partial charge in [-0.1, -0.05) is 95.0 Å². The van der Waals surface area contributed by atoms with Gasteiger partial charge in [-0.15, -0.1) is 0 Å². The second-order valence-electron chi connectivity index (χ2n) is 13.0. The molecule has 2 atom stereocenters. The van der Waals surface area contributed by atoms with Gasteiger partial charge in [0, 0.05) is 39.9 Å². The highest BCUT2D eigenvalue weighted by Gasteiger charge is 2.44. The lowest BCUT2D eigenvalue weighted by molar-refractivity contribution is 0.508. The summed E-state index contributed by atoms with van der Waals surface area (Å²) in [6, 6.07) is 23.1. The van der Waals surface area contributed by atoms with Crippen LogP contribution in [-0.4, -0.2) is 10.8 Å². The normalized spacial score (nSPS) is 20.3. The lowest BCUT2D eigenvalue weighted by Gasteiger charge is -2.37. The van der Waals surface area contributed by atoms with Crippen molar-refractivity contribution in [3.05, 3.63) is 142 Å². The molecule has 0 aliphatic heterocycles. The van der Waals surface area contributed by atoms with Crippen molar-refractivity contribution in [2.24, 2.45) is 10.9 Å². The number of fused-ring (bicyclic) bond motifs is 5. The smallest absolute Gasteiger partial charge is 0.0697 e. The van der Waals surface area contributed by atoms with Crippen molar-refractivity contribution in [3.8, 4) is 5.69 Å². The monoisotopic (exact) mass is 574 g/mol.